The summed E-state index contributed by atoms with van der Waals surface area (Å²) in [4.78, 5) is 14.0. The molecule has 0 aromatic heterocycles. The average Bonchev–Trinajstić information content (AvgIpc) is 2.60. The van der Waals surface area contributed by atoms with E-state index in [4.69, 9.17) is 4.74 Å². The fourth-order valence-corrected chi connectivity index (χ4v) is 2.94. The highest BCUT2D eigenvalue weighted by Crippen LogP contribution is 2.32. The van der Waals surface area contributed by atoms with Crippen molar-refractivity contribution < 1.29 is 27.4 Å². The maximum Gasteiger partial charge on any atom is 0.573 e. The predicted octanol–water partition coefficient (Wildman–Crippen LogP) is 4.08. The van der Waals surface area contributed by atoms with Gasteiger partial charge in [-0.3, -0.25) is 4.79 Å². The number of carbonyl (C=O) groups excluding carboxylic acids is 1. The van der Waals surface area contributed by atoms with Gasteiger partial charge in [0.15, 0.2) is 0 Å². The summed E-state index contributed by atoms with van der Waals surface area (Å²) in [6.07, 6.45) is -3.46. The maximum atomic E-state index is 12.5. The molecule has 0 fully saturated rings. The number of rotatable bonds is 5. The second-order valence-electron chi connectivity index (χ2n) is 5.97. The van der Waals surface area contributed by atoms with Gasteiger partial charge in [-0.2, -0.15) is 0 Å². The zero-order chi connectivity index (χ0) is 18.6. The molecule has 138 valence electrons. The Labute approximate surface area is 149 Å². The summed E-state index contributed by atoms with van der Waals surface area (Å²) in [5.74, 6) is -0.489. The van der Waals surface area contributed by atoms with E-state index in [-0.39, 0.29) is 18.3 Å². The molecular formula is C19H18F3NO3. The van der Waals surface area contributed by atoms with E-state index in [1.807, 2.05) is 30.3 Å². The summed E-state index contributed by atoms with van der Waals surface area (Å²) in [5.41, 5.74) is 2.24. The zero-order valence-corrected chi connectivity index (χ0v) is 14.0. The molecule has 0 aliphatic carbocycles. The van der Waals surface area contributed by atoms with Gasteiger partial charge in [-0.1, -0.05) is 30.3 Å². The van der Waals surface area contributed by atoms with Crippen molar-refractivity contribution in [2.75, 3.05) is 18.1 Å². The summed E-state index contributed by atoms with van der Waals surface area (Å²) < 4.78 is 46.5. The first-order valence-corrected chi connectivity index (χ1v) is 8.23. The molecule has 0 atom stereocenters. The number of fused-ring (bicyclic) bond motifs is 1. The Morgan fingerprint density at radius 3 is 2.62 bits per heavy atom. The summed E-state index contributed by atoms with van der Waals surface area (Å²) >= 11 is 0. The Morgan fingerprint density at radius 1 is 1.12 bits per heavy atom. The second kappa shape index (κ2) is 7.78. The number of aryl methyl sites for hydroxylation is 1. The van der Waals surface area contributed by atoms with Gasteiger partial charge in [-0.25, -0.2) is 0 Å². The number of hydrogen-bond donors (Lipinski definition) is 0. The van der Waals surface area contributed by atoms with Crippen molar-refractivity contribution in [1.82, 2.24) is 0 Å². The number of carbonyl (C=O) groups is 1. The fraction of sp³-hybridized carbons (Fsp3) is 0.316. The molecule has 2 aromatic rings. The molecule has 1 amide bonds. The molecule has 0 radical (unpaired) electrons. The lowest BCUT2D eigenvalue weighted by atomic mass is 10.0. The lowest BCUT2D eigenvalue weighted by Gasteiger charge is -2.30. The number of halogens is 3. The van der Waals surface area contributed by atoms with Crippen LogP contribution in [0.15, 0.2) is 48.5 Å². The quantitative estimate of drug-likeness (QED) is 0.801. The highest BCUT2D eigenvalue weighted by Gasteiger charge is 2.32. The van der Waals surface area contributed by atoms with Crippen LogP contribution in [0.1, 0.15) is 17.5 Å². The Balaban J connectivity index is 1.64. The first-order chi connectivity index (χ1) is 12.4. The summed E-state index contributed by atoms with van der Waals surface area (Å²) in [6, 6.07) is 13.5. The van der Waals surface area contributed by atoms with Gasteiger partial charge >= 0.3 is 6.36 Å². The van der Waals surface area contributed by atoms with Crippen LogP contribution in [-0.4, -0.2) is 25.4 Å². The Kier molecular flexibility index (Phi) is 5.46. The normalized spacial score (nSPS) is 14.0. The molecule has 26 heavy (non-hydrogen) atoms. The molecule has 3 rings (SSSR count). The zero-order valence-electron chi connectivity index (χ0n) is 14.0. The lowest BCUT2D eigenvalue weighted by molar-refractivity contribution is -0.274. The van der Waals surface area contributed by atoms with Crippen molar-refractivity contribution in [3.63, 3.8) is 0 Å². The van der Waals surface area contributed by atoms with Crippen LogP contribution in [0.5, 0.6) is 5.75 Å². The van der Waals surface area contributed by atoms with Crippen LogP contribution in [0.25, 0.3) is 0 Å². The molecular weight excluding hydrogens is 347 g/mol. The first kappa shape index (κ1) is 18.3. The molecule has 2 aromatic carbocycles. The standard InChI is InChI=1S/C19H18F3NO3/c20-19(21,22)26-16-8-9-17-15(11-16)7-4-10-23(17)18(24)13-25-12-14-5-2-1-3-6-14/h1-3,5-6,8-9,11H,4,7,10,12-13H2. The molecule has 0 saturated heterocycles. The number of alkyl halides is 3. The van der Waals surface area contributed by atoms with Gasteiger partial charge < -0.3 is 14.4 Å². The largest absolute Gasteiger partial charge is 0.573 e. The monoisotopic (exact) mass is 365 g/mol. The Hall–Kier alpha value is -2.54. The summed E-state index contributed by atoms with van der Waals surface area (Å²) in [6.45, 7) is 0.751. The fourth-order valence-electron chi connectivity index (χ4n) is 2.94. The molecule has 0 bridgehead atoms. The van der Waals surface area contributed by atoms with Crippen LogP contribution in [0.4, 0.5) is 18.9 Å². The van der Waals surface area contributed by atoms with Gasteiger partial charge in [0.05, 0.1) is 6.61 Å². The molecule has 4 nitrogen and oxygen atoms in total. The Bertz CT molecular complexity index is 762. The van der Waals surface area contributed by atoms with Gasteiger partial charge in [-0.05, 0) is 42.2 Å². The number of hydrogen-bond acceptors (Lipinski definition) is 3. The molecule has 0 N–H and O–H groups in total. The molecule has 0 spiro atoms. The van der Waals surface area contributed by atoms with Gasteiger partial charge in [0.25, 0.3) is 5.91 Å². The predicted molar refractivity (Wildman–Crippen MR) is 89.9 cm³/mol. The molecule has 1 aliphatic rings. The van der Waals surface area contributed by atoms with E-state index < -0.39 is 6.36 Å². The van der Waals surface area contributed by atoms with E-state index in [1.54, 1.807) is 4.90 Å². The van der Waals surface area contributed by atoms with Crippen molar-refractivity contribution in [3.8, 4) is 5.75 Å². The van der Waals surface area contributed by atoms with Gasteiger partial charge in [0.1, 0.15) is 12.4 Å². The van der Waals surface area contributed by atoms with Gasteiger partial charge in [-0.15, -0.1) is 13.2 Å². The molecule has 1 aliphatic heterocycles. The Morgan fingerprint density at radius 2 is 1.88 bits per heavy atom. The molecule has 0 unspecified atom stereocenters. The maximum absolute atomic E-state index is 12.5. The minimum absolute atomic E-state index is 0.0882. The summed E-state index contributed by atoms with van der Waals surface area (Å²) in [5, 5.41) is 0. The van der Waals surface area contributed by atoms with Crippen LogP contribution >= 0.6 is 0 Å². The molecule has 7 heteroatoms. The average molecular weight is 365 g/mol. The minimum Gasteiger partial charge on any atom is -0.406 e. The van der Waals surface area contributed by atoms with Crippen LogP contribution in [0.3, 0.4) is 0 Å². The third-order valence-electron chi connectivity index (χ3n) is 4.04. The van der Waals surface area contributed by atoms with Gasteiger partial charge in [0, 0.05) is 12.2 Å². The second-order valence-corrected chi connectivity index (χ2v) is 5.97. The van der Waals surface area contributed by atoms with E-state index >= 15 is 0 Å². The van der Waals surface area contributed by atoms with Crippen LogP contribution in [-0.2, 0) is 22.6 Å². The van der Waals surface area contributed by atoms with Gasteiger partial charge in [0.2, 0.25) is 0 Å². The van der Waals surface area contributed by atoms with E-state index in [0.717, 1.165) is 5.56 Å². The number of nitrogens with zero attached hydrogens (tertiary/aromatic N) is 1. The first-order valence-electron chi connectivity index (χ1n) is 8.23. The topological polar surface area (TPSA) is 38.8 Å². The highest BCUT2D eigenvalue weighted by atomic mass is 19.4. The summed E-state index contributed by atoms with van der Waals surface area (Å²) in [7, 11) is 0. The van der Waals surface area contributed by atoms with E-state index in [0.29, 0.717) is 37.2 Å². The SMILES string of the molecule is O=C(COCc1ccccc1)N1CCCc2cc(OC(F)(F)F)ccc21. The highest BCUT2D eigenvalue weighted by molar-refractivity contribution is 5.95. The van der Waals surface area contributed by atoms with Crippen molar-refractivity contribution in [3.05, 3.63) is 59.7 Å². The number of benzene rings is 2. The van der Waals surface area contributed by atoms with Crippen LogP contribution in [0, 0.1) is 0 Å². The van der Waals surface area contributed by atoms with E-state index in [1.165, 1.54) is 18.2 Å². The van der Waals surface area contributed by atoms with Crippen molar-refractivity contribution in [1.29, 1.82) is 0 Å². The van der Waals surface area contributed by atoms with Crippen LogP contribution < -0.4 is 9.64 Å². The molecule has 0 saturated carbocycles. The third kappa shape index (κ3) is 4.76. The smallest absolute Gasteiger partial charge is 0.406 e. The number of ether oxygens (including phenoxy) is 2. The van der Waals surface area contributed by atoms with E-state index in [2.05, 4.69) is 4.74 Å². The number of amides is 1. The third-order valence-corrected chi connectivity index (χ3v) is 4.04. The number of anilines is 1. The minimum atomic E-state index is -4.73. The molecule has 1 heterocycles. The van der Waals surface area contributed by atoms with E-state index in [9.17, 15) is 18.0 Å². The van der Waals surface area contributed by atoms with Crippen molar-refractivity contribution in [2.45, 2.75) is 25.8 Å². The van der Waals surface area contributed by atoms with Crippen molar-refractivity contribution in [2.24, 2.45) is 0 Å². The van der Waals surface area contributed by atoms with Crippen LogP contribution in [0.2, 0.25) is 0 Å². The lowest BCUT2D eigenvalue weighted by Crippen LogP contribution is -2.38. The van der Waals surface area contributed by atoms with Crippen molar-refractivity contribution >= 4 is 11.6 Å².